The number of aryl methyl sites for hydroxylation is 2. The summed E-state index contributed by atoms with van der Waals surface area (Å²) in [5, 5.41) is 2.75. The molecule has 31 heavy (non-hydrogen) atoms. The number of carbonyl (C=O) groups excluding carboxylic acids is 3. The molecule has 1 aliphatic rings. The first-order chi connectivity index (χ1) is 14.8. The summed E-state index contributed by atoms with van der Waals surface area (Å²) in [5.41, 5.74) is 3.60. The van der Waals surface area contributed by atoms with E-state index < -0.39 is 0 Å². The fraction of sp³-hybridized carbons (Fsp3) is 0.125. The Labute approximate surface area is 188 Å². The molecule has 0 fully saturated rings. The van der Waals surface area contributed by atoms with Gasteiger partial charge in [-0.25, -0.2) is 4.90 Å². The largest absolute Gasteiger partial charge is 0.482 e. The zero-order chi connectivity index (χ0) is 22.1. The zero-order valence-electron chi connectivity index (χ0n) is 16.9. The number of rotatable bonds is 5. The van der Waals surface area contributed by atoms with Crippen LogP contribution in [0, 0.1) is 13.8 Å². The van der Waals surface area contributed by atoms with E-state index in [1.54, 1.807) is 48.5 Å². The van der Waals surface area contributed by atoms with Crippen LogP contribution in [-0.2, 0) is 4.79 Å². The van der Waals surface area contributed by atoms with Crippen LogP contribution >= 0.6 is 15.9 Å². The van der Waals surface area contributed by atoms with Gasteiger partial charge in [0, 0.05) is 5.69 Å². The van der Waals surface area contributed by atoms with Gasteiger partial charge in [0.15, 0.2) is 6.61 Å². The molecule has 0 unspecified atom stereocenters. The van der Waals surface area contributed by atoms with Gasteiger partial charge in [-0.15, -0.1) is 0 Å². The van der Waals surface area contributed by atoms with Crippen molar-refractivity contribution in [1.82, 2.24) is 0 Å². The van der Waals surface area contributed by atoms with Crippen molar-refractivity contribution < 1.29 is 19.1 Å². The van der Waals surface area contributed by atoms with Gasteiger partial charge >= 0.3 is 0 Å². The Kier molecular flexibility index (Phi) is 5.61. The Morgan fingerprint density at radius 1 is 0.968 bits per heavy atom. The third kappa shape index (κ3) is 4.09. The molecule has 0 saturated carbocycles. The Morgan fingerprint density at radius 2 is 1.65 bits per heavy atom. The molecule has 3 aromatic rings. The van der Waals surface area contributed by atoms with E-state index in [-0.39, 0.29) is 24.3 Å². The van der Waals surface area contributed by atoms with Crippen molar-refractivity contribution in [2.45, 2.75) is 13.8 Å². The van der Waals surface area contributed by atoms with E-state index in [0.717, 1.165) is 20.5 Å². The van der Waals surface area contributed by atoms with Crippen molar-refractivity contribution in [2.75, 3.05) is 16.8 Å². The van der Waals surface area contributed by atoms with E-state index in [1.165, 1.54) is 0 Å². The molecule has 0 aromatic heterocycles. The predicted molar refractivity (Wildman–Crippen MR) is 122 cm³/mol. The first kappa shape index (κ1) is 20.8. The molecule has 1 N–H and O–H groups in total. The monoisotopic (exact) mass is 478 g/mol. The predicted octanol–water partition coefficient (Wildman–Crippen LogP) is 4.88. The van der Waals surface area contributed by atoms with Crippen LogP contribution in [0.15, 0.2) is 65.1 Å². The first-order valence-corrected chi connectivity index (χ1v) is 10.4. The average molecular weight is 479 g/mol. The quantitative estimate of drug-likeness (QED) is 0.530. The maximum absolute atomic E-state index is 12.7. The summed E-state index contributed by atoms with van der Waals surface area (Å²) < 4.78 is 6.47. The Morgan fingerprint density at radius 3 is 2.29 bits per heavy atom. The van der Waals surface area contributed by atoms with Crippen LogP contribution in [0.4, 0.5) is 11.4 Å². The minimum absolute atomic E-state index is 0.181. The average Bonchev–Trinajstić information content (AvgIpc) is 2.98. The molecule has 0 atom stereocenters. The lowest BCUT2D eigenvalue weighted by atomic mass is 10.1. The third-order valence-corrected chi connectivity index (χ3v) is 5.49. The third-order valence-electron chi connectivity index (χ3n) is 4.90. The minimum Gasteiger partial charge on any atom is -0.482 e. The first-order valence-electron chi connectivity index (χ1n) is 9.62. The molecule has 4 rings (SSSR count). The summed E-state index contributed by atoms with van der Waals surface area (Å²) >= 11 is 3.46. The number of hydrogen-bond acceptors (Lipinski definition) is 4. The van der Waals surface area contributed by atoms with Crippen LogP contribution in [0.2, 0.25) is 0 Å². The van der Waals surface area contributed by atoms with Crippen LogP contribution in [0.3, 0.4) is 0 Å². The van der Waals surface area contributed by atoms with Gasteiger partial charge in [-0.3, -0.25) is 14.4 Å². The zero-order valence-corrected chi connectivity index (χ0v) is 18.5. The highest BCUT2D eigenvalue weighted by molar-refractivity contribution is 9.10. The number of nitrogens with one attached hydrogen (secondary N) is 1. The lowest BCUT2D eigenvalue weighted by Crippen LogP contribution is -2.29. The molecule has 3 aromatic carbocycles. The highest BCUT2D eigenvalue weighted by Crippen LogP contribution is 2.31. The standard InChI is InChI=1S/C24H19BrN2O4/c1-14-10-15(2)22(20(25)11-14)31-13-21(28)26-16-6-5-7-17(12-16)27-23(29)18-8-3-4-9-19(18)24(27)30/h3-12H,13H2,1-2H3,(H,26,28). The number of halogens is 1. The van der Waals surface area contributed by atoms with Crippen molar-refractivity contribution in [1.29, 1.82) is 0 Å². The molecule has 0 aliphatic carbocycles. The molecule has 0 bridgehead atoms. The molecular formula is C24H19BrN2O4. The van der Waals surface area contributed by atoms with Crippen molar-refractivity contribution in [3.63, 3.8) is 0 Å². The van der Waals surface area contributed by atoms with Gasteiger partial charge < -0.3 is 10.1 Å². The van der Waals surface area contributed by atoms with Crippen molar-refractivity contribution in [2.24, 2.45) is 0 Å². The van der Waals surface area contributed by atoms with Crippen LogP contribution < -0.4 is 15.0 Å². The maximum Gasteiger partial charge on any atom is 0.266 e. The number of amides is 3. The molecule has 1 aliphatic heterocycles. The molecule has 1 heterocycles. The highest BCUT2D eigenvalue weighted by atomic mass is 79.9. The Bertz CT molecular complexity index is 1160. The smallest absolute Gasteiger partial charge is 0.266 e. The maximum atomic E-state index is 12.7. The molecule has 156 valence electrons. The number of imide groups is 1. The van der Waals surface area contributed by atoms with Gasteiger partial charge in [-0.2, -0.15) is 0 Å². The molecule has 6 nitrogen and oxygen atoms in total. The molecule has 0 saturated heterocycles. The SMILES string of the molecule is Cc1cc(C)c(OCC(=O)Nc2cccc(N3C(=O)c4ccccc4C3=O)c2)c(Br)c1. The van der Waals surface area contributed by atoms with Gasteiger partial charge in [-0.1, -0.05) is 24.3 Å². The van der Waals surface area contributed by atoms with E-state index in [2.05, 4.69) is 21.2 Å². The summed E-state index contributed by atoms with van der Waals surface area (Å²) in [5.74, 6) is -0.508. The fourth-order valence-corrected chi connectivity index (χ4v) is 4.35. The molecule has 0 spiro atoms. The van der Waals surface area contributed by atoms with Crippen LogP contribution in [0.25, 0.3) is 0 Å². The number of benzene rings is 3. The lowest BCUT2D eigenvalue weighted by molar-refractivity contribution is -0.118. The van der Waals surface area contributed by atoms with Crippen LogP contribution in [0.5, 0.6) is 5.75 Å². The van der Waals surface area contributed by atoms with Crippen LogP contribution in [-0.4, -0.2) is 24.3 Å². The second-order valence-electron chi connectivity index (χ2n) is 7.27. The van der Waals surface area contributed by atoms with Crippen molar-refractivity contribution in [3.05, 3.63) is 87.4 Å². The van der Waals surface area contributed by atoms with Crippen LogP contribution in [0.1, 0.15) is 31.8 Å². The van der Waals surface area contributed by atoms with E-state index >= 15 is 0 Å². The molecule has 3 amide bonds. The summed E-state index contributed by atoms with van der Waals surface area (Å²) in [4.78, 5) is 38.9. The topological polar surface area (TPSA) is 75.7 Å². The van der Waals surface area contributed by atoms with E-state index in [4.69, 9.17) is 4.74 Å². The lowest BCUT2D eigenvalue weighted by Gasteiger charge is -2.16. The summed E-state index contributed by atoms with van der Waals surface area (Å²) in [6, 6.07) is 17.2. The number of ether oxygens (including phenoxy) is 1. The molecule has 0 radical (unpaired) electrons. The summed E-state index contributed by atoms with van der Waals surface area (Å²) in [6.07, 6.45) is 0. The Hall–Kier alpha value is -3.45. The van der Waals surface area contributed by atoms with Gasteiger partial charge in [0.1, 0.15) is 5.75 Å². The number of hydrogen-bond donors (Lipinski definition) is 1. The Balaban J connectivity index is 1.47. The van der Waals surface area contributed by atoms with Gasteiger partial charge in [0.05, 0.1) is 21.3 Å². The normalized spacial score (nSPS) is 12.7. The van der Waals surface area contributed by atoms with Crippen molar-refractivity contribution >= 4 is 45.0 Å². The number of fused-ring (bicyclic) bond motifs is 1. The molecular weight excluding hydrogens is 460 g/mol. The van der Waals surface area contributed by atoms with Gasteiger partial charge in [0.25, 0.3) is 17.7 Å². The minimum atomic E-state index is -0.382. The fourth-order valence-electron chi connectivity index (χ4n) is 3.57. The summed E-state index contributed by atoms with van der Waals surface area (Å²) in [7, 11) is 0. The van der Waals surface area contributed by atoms with E-state index in [1.807, 2.05) is 26.0 Å². The number of carbonyl (C=O) groups is 3. The van der Waals surface area contributed by atoms with Gasteiger partial charge in [-0.05, 0) is 77.3 Å². The molecule has 7 heteroatoms. The van der Waals surface area contributed by atoms with Crippen molar-refractivity contribution in [3.8, 4) is 5.75 Å². The van der Waals surface area contributed by atoms with Gasteiger partial charge in [0.2, 0.25) is 0 Å². The van der Waals surface area contributed by atoms with E-state index in [9.17, 15) is 14.4 Å². The number of nitrogens with zero attached hydrogens (tertiary/aromatic N) is 1. The second-order valence-corrected chi connectivity index (χ2v) is 8.13. The number of anilines is 2. The summed E-state index contributed by atoms with van der Waals surface area (Å²) in [6.45, 7) is 3.71. The highest BCUT2D eigenvalue weighted by Gasteiger charge is 2.36. The second kappa shape index (κ2) is 8.35. The van der Waals surface area contributed by atoms with E-state index in [0.29, 0.717) is 28.3 Å².